The number of carbonyl (C=O) groups excluding carboxylic acids is 1. The molecule has 0 aromatic rings. The number of esters is 1. The number of hydrazine groups is 1. The highest BCUT2D eigenvalue weighted by atomic mass is 32.2. The summed E-state index contributed by atoms with van der Waals surface area (Å²) in [4.78, 5) is 14.2. The van der Waals surface area contributed by atoms with Crippen molar-refractivity contribution in [1.29, 1.82) is 0 Å². The number of rotatable bonds is 5. The molecule has 7 nitrogen and oxygen atoms in total. The van der Waals surface area contributed by atoms with Crippen LogP contribution in [0.5, 0.6) is 0 Å². The average Bonchev–Trinajstić information content (AvgIpc) is 2.38. The van der Waals surface area contributed by atoms with Gasteiger partial charge in [-0.2, -0.15) is 4.83 Å². The molecular formula is C15H26N2O5S. The van der Waals surface area contributed by atoms with Crippen molar-refractivity contribution in [2.75, 3.05) is 0 Å². The molecule has 132 valence electrons. The Kier molecular flexibility index (Phi) is 5.79. The summed E-state index contributed by atoms with van der Waals surface area (Å²) in [6.07, 6.45) is 3.10. The minimum atomic E-state index is -3.84. The lowest BCUT2D eigenvalue weighted by atomic mass is 9.80. The Bertz CT molecular complexity index is 616. The van der Waals surface area contributed by atoms with Gasteiger partial charge in [0.25, 0.3) is 10.0 Å². The van der Waals surface area contributed by atoms with Crippen molar-refractivity contribution in [2.45, 2.75) is 59.4 Å². The monoisotopic (exact) mass is 346 g/mol. The molecule has 1 rings (SSSR count). The molecule has 8 heteroatoms. The predicted molar refractivity (Wildman–Crippen MR) is 87.4 cm³/mol. The van der Waals surface area contributed by atoms with Crippen LogP contribution in [-0.2, 0) is 24.3 Å². The smallest absolute Gasteiger partial charge is 0.318 e. The standard InChI is InChI=1S/C15H26N2O5S/c1-10(2)21-13(18)15(6)8-7-11(23(19,20)17-16)9-12(15)22-14(3,4)5/h7-10,12,17H,16H2,1-6H3. The maximum atomic E-state index is 12.5. The Morgan fingerprint density at radius 1 is 1.39 bits per heavy atom. The highest BCUT2D eigenvalue weighted by Crippen LogP contribution is 2.37. The highest BCUT2D eigenvalue weighted by Gasteiger charge is 2.45. The Hall–Kier alpha value is -1.22. The van der Waals surface area contributed by atoms with Gasteiger partial charge < -0.3 is 9.47 Å². The molecule has 0 spiro atoms. The lowest BCUT2D eigenvalue weighted by Crippen LogP contribution is -2.46. The lowest BCUT2D eigenvalue weighted by Gasteiger charge is -2.38. The topological polar surface area (TPSA) is 108 Å². The number of carbonyl (C=O) groups is 1. The van der Waals surface area contributed by atoms with Crippen LogP contribution in [0.1, 0.15) is 41.5 Å². The van der Waals surface area contributed by atoms with Crippen LogP contribution in [0.3, 0.4) is 0 Å². The van der Waals surface area contributed by atoms with Crippen LogP contribution in [0, 0.1) is 5.41 Å². The van der Waals surface area contributed by atoms with Crippen molar-refractivity contribution >= 4 is 16.0 Å². The molecule has 1 aliphatic rings. The first-order valence-corrected chi connectivity index (χ1v) is 8.82. The second-order valence-electron chi connectivity index (χ2n) is 6.91. The fraction of sp³-hybridized carbons (Fsp3) is 0.667. The third-order valence-electron chi connectivity index (χ3n) is 3.23. The third kappa shape index (κ3) is 4.87. The molecule has 0 aliphatic heterocycles. The second-order valence-corrected chi connectivity index (χ2v) is 8.63. The van der Waals surface area contributed by atoms with E-state index in [1.165, 1.54) is 18.2 Å². The summed E-state index contributed by atoms with van der Waals surface area (Å²) in [6.45, 7) is 10.6. The molecular weight excluding hydrogens is 320 g/mol. The Labute approximate surface area is 137 Å². The quantitative estimate of drug-likeness (QED) is 0.442. The number of ether oxygens (including phenoxy) is 2. The van der Waals surface area contributed by atoms with Crippen molar-refractivity contribution in [3.05, 3.63) is 23.1 Å². The second kappa shape index (κ2) is 6.72. The van der Waals surface area contributed by atoms with Gasteiger partial charge in [-0.1, -0.05) is 6.08 Å². The van der Waals surface area contributed by atoms with E-state index in [4.69, 9.17) is 15.3 Å². The maximum Gasteiger partial charge on any atom is 0.318 e. The summed E-state index contributed by atoms with van der Waals surface area (Å²) in [5.74, 6) is 4.58. The molecule has 3 N–H and O–H groups in total. The average molecular weight is 346 g/mol. The van der Waals surface area contributed by atoms with Crippen molar-refractivity contribution in [2.24, 2.45) is 11.3 Å². The zero-order chi connectivity index (χ0) is 18.1. The molecule has 2 unspecified atom stereocenters. The van der Waals surface area contributed by atoms with Crippen LogP contribution in [0.2, 0.25) is 0 Å². The lowest BCUT2D eigenvalue weighted by molar-refractivity contribution is -0.167. The number of allylic oxidation sites excluding steroid dienone is 1. The Morgan fingerprint density at radius 2 is 1.96 bits per heavy atom. The van der Waals surface area contributed by atoms with Gasteiger partial charge in [-0.15, -0.1) is 0 Å². The summed E-state index contributed by atoms with van der Waals surface area (Å²) in [7, 11) is -3.84. The minimum Gasteiger partial charge on any atom is -0.462 e. The normalized spacial score (nSPS) is 25.4. The van der Waals surface area contributed by atoms with E-state index < -0.39 is 33.1 Å². The third-order valence-corrected chi connectivity index (χ3v) is 4.43. The molecule has 2 atom stereocenters. The maximum absolute atomic E-state index is 12.5. The van der Waals surface area contributed by atoms with Crippen LogP contribution in [-0.4, -0.2) is 32.2 Å². The van der Waals surface area contributed by atoms with Crippen LogP contribution < -0.4 is 10.7 Å². The van der Waals surface area contributed by atoms with E-state index in [9.17, 15) is 13.2 Å². The molecule has 0 heterocycles. The number of nitrogens with one attached hydrogen (secondary N) is 1. The molecule has 0 aromatic carbocycles. The number of hydrogen-bond donors (Lipinski definition) is 2. The fourth-order valence-corrected chi connectivity index (χ4v) is 2.72. The number of hydrogen-bond acceptors (Lipinski definition) is 6. The minimum absolute atomic E-state index is 0.0518. The summed E-state index contributed by atoms with van der Waals surface area (Å²) in [5.41, 5.74) is -1.72. The first-order chi connectivity index (χ1) is 10.3. The van der Waals surface area contributed by atoms with Crippen LogP contribution >= 0.6 is 0 Å². The van der Waals surface area contributed by atoms with Gasteiger partial charge in [-0.05, 0) is 53.7 Å². The number of sulfonamides is 1. The van der Waals surface area contributed by atoms with Crippen molar-refractivity contribution < 1.29 is 22.7 Å². The van der Waals surface area contributed by atoms with E-state index in [2.05, 4.69) is 0 Å². The molecule has 0 bridgehead atoms. The van der Waals surface area contributed by atoms with Gasteiger partial charge in [0, 0.05) is 0 Å². The van der Waals surface area contributed by atoms with Crippen LogP contribution in [0.15, 0.2) is 23.1 Å². The van der Waals surface area contributed by atoms with E-state index >= 15 is 0 Å². The van der Waals surface area contributed by atoms with Crippen molar-refractivity contribution in [3.63, 3.8) is 0 Å². The largest absolute Gasteiger partial charge is 0.462 e. The number of nitrogens with two attached hydrogens (primary N) is 1. The van der Waals surface area contributed by atoms with Gasteiger partial charge in [0.1, 0.15) is 5.41 Å². The van der Waals surface area contributed by atoms with Gasteiger partial charge in [0.05, 0.1) is 22.7 Å². The molecule has 0 saturated carbocycles. The van der Waals surface area contributed by atoms with Gasteiger partial charge in [0.2, 0.25) is 0 Å². The molecule has 23 heavy (non-hydrogen) atoms. The molecule has 0 fully saturated rings. The predicted octanol–water partition coefficient (Wildman–Crippen LogP) is 1.37. The highest BCUT2D eigenvalue weighted by molar-refractivity contribution is 7.93. The van der Waals surface area contributed by atoms with E-state index in [1.807, 2.05) is 20.8 Å². The molecule has 0 amide bonds. The molecule has 0 aromatic heterocycles. The van der Waals surface area contributed by atoms with Gasteiger partial charge >= 0.3 is 5.97 Å². The van der Waals surface area contributed by atoms with Crippen LogP contribution in [0.4, 0.5) is 0 Å². The first-order valence-electron chi connectivity index (χ1n) is 7.34. The van der Waals surface area contributed by atoms with Crippen molar-refractivity contribution in [1.82, 2.24) is 4.83 Å². The Balaban J connectivity index is 3.28. The molecule has 0 radical (unpaired) electrons. The van der Waals surface area contributed by atoms with Gasteiger partial charge in [-0.3, -0.25) is 10.6 Å². The summed E-state index contributed by atoms with van der Waals surface area (Å²) in [5, 5.41) is 0. The van der Waals surface area contributed by atoms with E-state index in [1.54, 1.807) is 25.6 Å². The van der Waals surface area contributed by atoms with E-state index in [0.29, 0.717) is 0 Å². The molecule has 0 saturated heterocycles. The summed E-state index contributed by atoms with van der Waals surface area (Å²) < 4.78 is 35.0. The SMILES string of the molecule is CC(C)OC(=O)C1(C)C=CC(S(=O)(=O)NN)=CC1OC(C)(C)C. The summed E-state index contributed by atoms with van der Waals surface area (Å²) >= 11 is 0. The zero-order valence-electron chi connectivity index (χ0n) is 14.4. The van der Waals surface area contributed by atoms with Crippen LogP contribution in [0.25, 0.3) is 0 Å². The first kappa shape index (κ1) is 19.8. The fourth-order valence-electron chi connectivity index (χ4n) is 2.04. The van der Waals surface area contributed by atoms with Crippen molar-refractivity contribution in [3.8, 4) is 0 Å². The van der Waals surface area contributed by atoms with E-state index in [-0.39, 0.29) is 11.0 Å². The Morgan fingerprint density at radius 3 is 2.39 bits per heavy atom. The summed E-state index contributed by atoms with van der Waals surface area (Å²) in [6, 6.07) is 0. The molecule has 1 aliphatic carbocycles. The van der Waals surface area contributed by atoms with E-state index in [0.717, 1.165) is 0 Å². The van der Waals surface area contributed by atoms with Gasteiger partial charge in [0.15, 0.2) is 0 Å². The van der Waals surface area contributed by atoms with Gasteiger partial charge in [-0.25, -0.2) is 8.42 Å². The zero-order valence-corrected chi connectivity index (χ0v) is 15.2.